The van der Waals surface area contributed by atoms with E-state index in [9.17, 15) is 4.79 Å². The van der Waals surface area contributed by atoms with Gasteiger partial charge in [0.15, 0.2) is 0 Å². The molecule has 33 heavy (non-hydrogen) atoms. The Labute approximate surface area is 195 Å². The molecule has 3 rings (SSSR count). The minimum absolute atomic E-state index is 0.0874. The lowest BCUT2D eigenvalue weighted by Crippen LogP contribution is -2.40. The number of amidine groups is 2. The summed E-state index contributed by atoms with van der Waals surface area (Å²) in [5.41, 5.74) is 4.53. The molecule has 0 saturated heterocycles. The van der Waals surface area contributed by atoms with Crippen LogP contribution in [0, 0.1) is 17.7 Å². The Morgan fingerprint density at radius 3 is 2.70 bits per heavy atom. The van der Waals surface area contributed by atoms with Crippen LogP contribution in [-0.2, 0) is 17.8 Å². The monoisotopic (exact) mass is 441 g/mol. The molecule has 2 aromatic carbocycles. The number of nitrogens with zero attached hydrogens (tertiary/aromatic N) is 1. The highest BCUT2D eigenvalue weighted by atomic mass is 16.1. The predicted octanol–water partition coefficient (Wildman–Crippen LogP) is 5.20. The molecule has 1 amide bonds. The molecular formula is C27H31N5O. The highest BCUT2D eigenvalue weighted by molar-refractivity contribution is 5.99. The molecule has 0 unspecified atom stereocenters. The number of aromatic amines is 1. The molecule has 0 radical (unpaired) electrons. The molecule has 0 spiro atoms. The fourth-order valence-corrected chi connectivity index (χ4v) is 3.96. The molecule has 1 heterocycles. The lowest BCUT2D eigenvalue weighted by Gasteiger charge is -2.26. The number of allylic oxidation sites excluding steroid dienone is 2. The van der Waals surface area contributed by atoms with Crippen molar-refractivity contribution >= 4 is 34.9 Å². The van der Waals surface area contributed by atoms with Gasteiger partial charge in [0.1, 0.15) is 11.7 Å². The number of hydrogen-bond acceptors (Lipinski definition) is 3. The van der Waals surface area contributed by atoms with Gasteiger partial charge in [-0.15, -0.1) is 0 Å². The third-order valence-corrected chi connectivity index (χ3v) is 5.68. The normalized spacial score (nSPS) is 10.9. The van der Waals surface area contributed by atoms with E-state index < -0.39 is 0 Å². The van der Waals surface area contributed by atoms with Crippen LogP contribution in [0.4, 0.5) is 0 Å². The van der Waals surface area contributed by atoms with E-state index in [4.69, 9.17) is 10.8 Å². The van der Waals surface area contributed by atoms with Gasteiger partial charge in [0.05, 0.1) is 13.1 Å². The van der Waals surface area contributed by atoms with Crippen molar-refractivity contribution < 1.29 is 4.79 Å². The van der Waals surface area contributed by atoms with E-state index in [0.717, 1.165) is 40.4 Å². The summed E-state index contributed by atoms with van der Waals surface area (Å²) in [6.07, 6.45) is 10.5. The van der Waals surface area contributed by atoms with Crippen LogP contribution in [0.15, 0.2) is 67.4 Å². The first-order valence-electron chi connectivity index (χ1n) is 11.1. The largest absolute Gasteiger partial charge is 0.364 e. The third kappa shape index (κ3) is 6.07. The van der Waals surface area contributed by atoms with Crippen LogP contribution >= 0.6 is 0 Å². The van der Waals surface area contributed by atoms with Gasteiger partial charge in [0, 0.05) is 18.3 Å². The number of aryl methyl sites for hydroxylation is 2. The van der Waals surface area contributed by atoms with E-state index in [1.807, 2.05) is 49.5 Å². The van der Waals surface area contributed by atoms with E-state index in [-0.39, 0.29) is 12.4 Å². The zero-order valence-electron chi connectivity index (χ0n) is 19.0. The number of aromatic nitrogens is 1. The fraction of sp³-hybridized carbons (Fsp3) is 0.222. The Kier molecular flexibility index (Phi) is 8.36. The van der Waals surface area contributed by atoms with E-state index in [1.54, 1.807) is 11.0 Å². The Hall–Kier alpha value is -3.93. The van der Waals surface area contributed by atoms with E-state index in [0.29, 0.717) is 25.2 Å². The van der Waals surface area contributed by atoms with Crippen molar-refractivity contribution in [3.8, 4) is 0 Å². The summed E-state index contributed by atoms with van der Waals surface area (Å²) in [6, 6.07) is 14.2. The van der Waals surface area contributed by atoms with Gasteiger partial charge in [-0.2, -0.15) is 0 Å². The van der Waals surface area contributed by atoms with Crippen molar-refractivity contribution in [3.63, 3.8) is 0 Å². The van der Waals surface area contributed by atoms with E-state index in [1.165, 1.54) is 5.56 Å². The second-order valence-electron chi connectivity index (χ2n) is 7.92. The Morgan fingerprint density at radius 2 is 1.91 bits per heavy atom. The smallest absolute Gasteiger partial charge is 0.207 e. The van der Waals surface area contributed by atoms with Crippen molar-refractivity contribution in [2.45, 2.75) is 32.7 Å². The SMILES string of the molecule is C=C/C=C\c1c(CCCC(=N)N(Cc2cccc3ccccc23)C(=N)CNC=O)c[nH]c1C. The van der Waals surface area contributed by atoms with Crippen LogP contribution in [0.3, 0.4) is 0 Å². The quantitative estimate of drug-likeness (QED) is 0.142. The van der Waals surface area contributed by atoms with Gasteiger partial charge in [-0.25, -0.2) is 0 Å². The second kappa shape index (κ2) is 11.6. The van der Waals surface area contributed by atoms with Crippen molar-refractivity contribution in [1.82, 2.24) is 15.2 Å². The van der Waals surface area contributed by atoms with Crippen LogP contribution < -0.4 is 5.32 Å². The van der Waals surface area contributed by atoms with E-state index in [2.05, 4.69) is 35.1 Å². The fourth-order valence-electron chi connectivity index (χ4n) is 3.96. The molecule has 0 bridgehead atoms. The van der Waals surface area contributed by atoms with Gasteiger partial charge in [-0.05, 0) is 47.2 Å². The zero-order valence-corrected chi connectivity index (χ0v) is 19.0. The van der Waals surface area contributed by atoms with Crippen LogP contribution in [0.2, 0.25) is 0 Å². The molecule has 6 heteroatoms. The summed E-state index contributed by atoms with van der Waals surface area (Å²) in [4.78, 5) is 15.7. The summed E-state index contributed by atoms with van der Waals surface area (Å²) in [5.74, 6) is 0.572. The Balaban J connectivity index is 1.73. The number of carbonyl (C=O) groups excluding carboxylic acids is 1. The third-order valence-electron chi connectivity index (χ3n) is 5.68. The average molecular weight is 442 g/mol. The molecule has 3 aromatic rings. The summed E-state index contributed by atoms with van der Waals surface area (Å²) < 4.78 is 0. The number of rotatable bonds is 11. The topological polar surface area (TPSA) is 95.8 Å². The van der Waals surface area contributed by atoms with Gasteiger partial charge in [-0.3, -0.25) is 15.6 Å². The van der Waals surface area contributed by atoms with Crippen molar-refractivity contribution in [1.29, 1.82) is 10.8 Å². The molecule has 0 atom stereocenters. The average Bonchev–Trinajstić information content (AvgIpc) is 3.18. The van der Waals surface area contributed by atoms with E-state index >= 15 is 0 Å². The lowest BCUT2D eigenvalue weighted by molar-refractivity contribution is -0.109. The number of carbonyl (C=O) groups is 1. The number of nitrogens with one attached hydrogen (secondary N) is 4. The molecular weight excluding hydrogens is 410 g/mol. The van der Waals surface area contributed by atoms with Gasteiger partial charge in [-0.1, -0.05) is 67.3 Å². The maximum absolute atomic E-state index is 10.8. The summed E-state index contributed by atoms with van der Waals surface area (Å²) in [7, 11) is 0. The number of benzene rings is 2. The first kappa shape index (κ1) is 23.7. The van der Waals surface area contributed by atoms with Crippen LogP contribution in [0.1, 0.15) is 35.2 Å². The molecule has 1 aromatic heterocycles. The number of hydrogen-bond donors (Lipinski definition) is 4. The standard InChI is InChI=1S/C27H31N5O/c1-3-4-13-24-20(2)31-16-22(24)11-8-15-26(28)32(27(29)17-30-19-33)18-23-12-7-10-21-9-5-6-14-25(21)23/h3-7,9-10,12-14,16,19,28-29,31H,1,8,11,15,17-18H2,2H3,(H,30,33)/b13-4-,28-26?,29-27?. The summed E-state index contributed by atoms with van der Waals surface area (Å²) >= 11 is 0. The Morgan fingerprint density at radius 1 is 1.12 bits per heavy atom. The number of amides is 1. The van der Waals surface area contributed by atoms with Gasteiger partial charge < -0.3 is 15.2 Å². The second-order valence-corrected chi connectivity index (χ2v) is 7.92. The van der Waals surface area contributed by atoms with Crippen LogP contribution in [-0.4, -0.2) is 34.5 Å². The summed E-state index contributed by atoms with van der Waals surface area (Å²) in [5, 5.41) is 22.0. The molecule has 6 nitrogen and oxygen atoms in total. The van der Waals surface area contributed by atoms with Gasteiger partial charge in [0.25, 0.3) is 0 Å². The molecule has 170 valence electrons. The lowest BCUT2D eigenvalue weighted by atomic mass is 10.0. The van der Waals surface area contributed by atoms with Gasteiger partial charge in [0.2, 0.25) is 6.41 Å². The minimum atomic E-state index is 0.0874. The maximum atomic E-state index is 10.8. The molecule has 0 fully saturated rings. The highest BCUT2D eigenvalue weighted by Crippen LogP contribution is 2.22. The van der Waals surface area contributed by atoms with Crippen LogP contribution in [0.5, 0.6) is 0 Å². The summed E-state index contributed by atoms with van der Waals surface area (Å²) in [6.45, 7) is 6.28. The van der Waals surface area contributed by atoms with Crippen LogP contribution in [0.25, 0.3) is 16.8 Å². The Bertz CT molecular complexity index is 1170. The molecule has 0 saturated carbocycles. The first-order chi connectivity index (χ1) is 16.0. The predicted molar refractivity (Wildman–Crippen MR) is 137 cm³/mol. The first-order valence-corrected chi connectivity index (χ1v) is 11.1. The van der Waals surface area contributed by atoms with Crippen molar-refractivity contribution in [3.05, 3.63) is 89.8 Å². The van der Waals surface area contributed by atoms with Crippen molar-refractivity contribution in [2.75, 3.05) is 6.54 Å². The zero-order chi connectivity index (χ0) is 23.6. The minimum Gasteiger partial charge on any atom is -0.364 e. The maximum Gasteiger partial charge on any atom is 0.207 e. The highest BCUT2D eigenvalue weighted by Gasteiger charge is 2.17. The number of fused-ring (bicyclic) bond motifs is 1. The number of H-pyrrole nitrogens is 1. The molecule has 0 aliphatic heterocycles. The molecule has 4 N–H and O–H groups in total. The molecule has 0 aliphatic rings. The molecule has 0 aliphatic carbocycles. The van der Waals surface area contributed by atoms with Crippen molar-refractivity contribution in [2.24, 2.45) is 0 Å². The van der Waals surface area contributed by atoms with Gasteiger partial charge >= 0.3 is 0 Å².